The monoisotopic (exact) mass is 618 g/mol. The van der Waals surface area contributed by atoms with Gasteiger partial charge >= 0.3 is 0 Å². The minimum Gasteiger partial charge on any atom is -0.454 e. The third-order valence-electron chi connectivity index (χ3n) is 8.07. The number of ether oxygens (including phenoxy) is 2. The van der Waals surface area contributed by atoms with Crippen LogP contribution in [0.5, 0.6) is 11.5 Å². The summed E-state index contributed by atoms with van der Waals surface area (Å²) in [5.41, 5.74) is 3.43. The van der Waals surface area contributed by atoms with Gasteiger partial charge in [-0.3, -0.25) is 19.0 Å². The first-order chi connectivity index (χ1) is 22.0. The number of thioether (sulfide) groups is 1. The van der Waals surface area contributed by atoms with Gasteiger partial charge in [-0.15, -0.1) is 0 Å². The molecule has 7 rings (SSSR count). The number of aromatic nitrogens is 2. The molecule has 2 aliphatic rings. The summed E-state index contributed by atoms with van der Waals surface area (Å²) >= 11 is 1.22. The lowest BCUT2D eigenvalue weighted by molar-refractivity contribution is 0.0746. The molecule has 0 spiro atoms. The van der Waals surface area contributed by atoms with Gasteiger partial charge in [0.2, 0.25) is 6.79 Å². The Hall–Kier alpha value is -5.09. The molecule has 226 valence electrons. The zero-order valence-corrected chi connectivity index (χ0v) is 25.2. The lowest BCUT2D eigenvalue weighted by Crippen LogP contribution is -2.48. The van der Waals surface area contributed by atoms with Crippen LogP contribution in [0.1, 0.15) is 26.3 Å². The number of nitrogens with zero attached hydrogens (tertiary/aromatic N) is 4. The van der Waals surface area contributed by atoms with E-state index in [9.17, 15) is 14.4 Å². The third-order valence-corrected chi connectivity index (χ3v) is 9.05. The van der Waals surface area contributed by atoms with Gasteiger partial charge in [0.15, 0.2) is 22.4 Å². The maximum atomic E-state index is 13.8. The number of Topliss-reactive ketones (excluding diaryl/α,β-unsaturated/α-hetero) is 1. The van der Waals surface area contributed by atoms with Crippen LogP contribution >= 0.6 is 11.8 Å². The number of ketones is 1. The van der Waals surface area contributed by atoms with Gasteiger partial charge < -0.3 is 19.3 Å². The molecule has 0 radical (unpaired) electrons. The SMILES string of the molecule is O=C(CSc1nc2cc3c(cc2c(=O)n1Cc1ccc(C(=O)N2CCN(c4ccccc4)CC2)cc1)OCO3)c1ccccc1. The second kappa shape index (κ2) is 12.5. The number of piperazine rings is 1. The van der Waals surface area contributed by atoms with Gasteiger partial charge in [-0.25, -0.2) is 4.98 Å². The Morgan fingerprint density at radius 3 is 2.16 bits per heavy atom. The summed E-state index contributed by atoms with van der Waals surface area (Å²) in [4.78, 5) is 49.0. The zero-order chi connectivity index (χ0) is 30.8. The van der Waals surface area contributed by atoms with Crippen molar-refractivity contribution in [3.63, 3.8) is 0 Å². The Morgan fingerprint density at radius 2 is 1.44 bits per heavy atom. The van der Waals surface area contributed by atoms with E-state index in [-0.39, 0.29) is 36.3 Å². The van der Waals surface area contributed by atoms with Gasteiger partial charge in [-0.05, 0) is 35.9 Å². The number of hydrogen-bond donors (Lipinski definition) is 0. The summed E-state index contributed by atoms with van der Waals surface area (Å²) in [7, 11) is 0. The fourth-order valence-electron chi connectivity index (χ4n) is 5.60. The Labute approximate surface area is 264 Å². The maximum Gasteiger partial charge on any atom is 0.262 e. The first-order valence-electron chi connectivity index (χ1n) is 14.8. The number of amides is 1. The van der Waals surface area contributed by atoms with Crippen LogP contribution in [0.25, 0.3) is 10.9 Å². The molecule has 0 aliphatic carbocycles. The largest absolute Gasteiger partial charge is 0.454 e. The van der Waals surface area contributed by atoms with Crippen LogP contribution in [0, 0.1) is 0 Å². The predicted octanol–water partition coefficient (Wildman–Crippen LogP) is 5.11. The molecule has 0 unspecified atom stereocenters. The summed E-state index contributed by atoms with van der Waals surface area (Å²) in [6.07, 6.45) is 0. The van der Waals surface area contributed by atoms with Crippen molar-refractivity contribution < 1.29 is 19.1 Å². The lowest BCUT2D eigenvalue weighted by atomic mass is 10.1. The molecular weight excluding hydrogens is 588 g/mol. The molecule has 1 saturated heterocycles. The molecule has 3 heterocycles. The summed E-state index contributed by atoms with van der Waals surface area (Å²) < 4.78 is 12.6. The van der Waals surface area contributed by atoms with E-state index in [0.717, 1.165) is 18.7 Å². The minimum absolute atomic E-state index is 0.00876. The Kier molecular flexibility index (Phi) is 7.96. The van der Waals surface area contributed by atoms with E-state index >= 15 is 0 Å². The van der Waals surface area contributed by atoms with Crippen molar-refractivity contribution in [2.24, 2.45) is 0 Å². The van der Waals surface area contributed by atoms with E-state index in [1.54, 1.807) is 28.8 Å². The highest BCUT2D eigenvalue weighted by atomic mass is 32.2. The van der Waals surface area contributed by atoms with Crippen LogP contribution in [0.3, 0.4) is 0 Å². The van der Waals surface area contributed by atoms with Crippen molar-refractivity contribution in [3.05, 3.63) is 124 Å². The first kappa shape index (κ1) is 28.7. The number of hydrogen-bond acceptors (Lipinski definition) is 8. The highest BCUT2D eigenvalue weighted by Gasteiger charge is 2.23. The van der Waals surface area contributed by atoms with Crippen molar-refractivity contribution in [2.75, 3.05) is 43.6 Å². The average Bonchev–Trinajstić information content (AvgIpc) is 3.56. The molecule has 0 bridgehead atoms. The van der Waals surface area contributed by atoms with Gasteiger partial charge in [0.25, 0.3) is 11.5 Å². The van der Waals surface area contributed by atoms with Crippen molar-refractivity contribution >= 4 is 40.0 Å². The second-order valence-corrected chi connectivity index (χ2v) is 11.8. The first-order valence-corrected chi connectivity index (χ1v) is 15.8. The molecule has 9 nitrogen and oxygen atoms in total. The molecule has 1 amide bonds. The predicted molar refractivity (Wildman–Crippen MR) is 174 cm³/mol. The number of carbonyl (C=O) groups excluding carboxylic acids is 2. The number of rotatable bonds is 8. The van der Waals surface area contributed by atoms with Crippen molar-refractivity contribution in [2.45, 2.75) is 11.7 Å². The molecule has 0 N–H and O–H groups in total. The van der Waals surface area contributed by atoms with Crippen LogP contribution < -0.4 is 19.9 Å². The molecular formula is C35H30N4O5S. The van der Waals surface area contributed by atoms with Gasteiger partial charge in [0, 0.05) is 49.1 Å². The number of fused-ring (bicyclic) bond motifs is 2. The third kappa shape index (κ3) is 6.01. The molecule has 2 aliphatic heterocycles. The van der Waals surface area contributed by atoms with Crippen molar-refractivity contribution in [3.8, 4) is 11.5 Å². The van der Waals surface area contributed by atoms with E-state index < -0.39 is 0 Å². The fraction of sp³-hybridized carbons (Fsp3) is 0.200. The van der Waals surface area contributed by atoms with Crippen LogP contribution in [0.15, 0.2) is 107 Å². The van der Waals surface area contributed by atoms with E-state index in [1.807, 2.05) is 65.6 Å². The highest BCUT2D eigenvalue weighted by Crippen LogP contribution is 2.35. The summed E-state index contributed by atoms with van der Waals surface area (Å²) in [6, 6.07) is 30.0. The summed E-state index contributed by atoms with van der Waals surface area (Å²) in [5, 5.41) is 0.825. The van der Waals surface area contributed by atoms with Crippen LogP contribution in [0.4, 0.5) is 5.69 Å². The van der Waals surface area contributed by atoms with Crippen molar-refractivity contribution in [1.29, 1.82) is 0 Å². The zero-order valence-electron chi connectivity index (χ0n) is 24.4. The average molecular weight is 619 g/mol. The van der Waals surface area contributed by atoms with E-state index in [0.29, 0.717) is 51.8 Å². The molecule has 5 aromatic rings. The normalized spacial score (nSPS) is 14.1. The lowest BCUT2D eigenvalue weighted by Gasteiger charge is -2.36. The molecule has 45 heavy (non-hydrogen) atoms. The maximum absolute atomic E-state index is 13.8. The summed E-state index contributed by atoms with van der Waals surface area (Å²) in [5.74, 6) is 1.09. The summed E-state index contributed by atoms with van der Waals surface area (Å²) in [6.45, 7) is 3.16. The Morgan fingerprint density at radius 1 is 0.778 bits per heavy atom. The van der Waals surface area contributed by atoms with E-state index in [1.165, 1.54) is 17.4 Å². The van der Waals surface area contributed by atoms with Gasteiger partial charge in [-0.1, -0.05) is 72.4 Å². The van der Waals surface area contributed by atoms with E-state index in [2.05, 4.69) is 17.0 Å². The standard InChI is InChI=1S/C35H30N4O5S/c40-30(25-7-3-1-4-8-25)22-45-35-36-29-20-32-31(43-23-44-32)19-28(29)34(42)39(35)21-24-11-13-26(14-12-24)33(41)38-17-15-37(16-18-38)27-9-5-2-6-10-27/h1-14,19-20H,15-18,21-23H2. The number of para-hydroxylation sites is 1. The number of carbonyl (C=O) groups is 2. The number of anilines is 1. The molecule has 1 aromatic heterocycles. The molecule has 1 fully saturated rings. The fourth-order valence-corrected chi connectivity index (χ4v) is 6.50. The Bertz CT molecular complexity index is 1920. The Balaban J connectivity index is 1.11. The molecule has 4 aromatic carbocycles. The quantitative estimate of drug-likeness (QED) is 0.135. The molecule has 0 atom stereocenters. The van der Waals surface area contributed by atoms with Gasteiger partial charge in [0.1, 0.15) is 0 Å². The van der Waals surface area contributed by atoms with Crippen molar-refractivity contribution in [1.82, 2.24) is 14.5 Å². The molecule has 0 saturated carbocycles. The van der Waals surface area contributed by atoms with E-state index in [4.69, 9.17) is 14.5 Å². The smallest absolute Gasteiger partial charge is 0.262 e. The van der Waals surface area contributed by atoms with Crippen LogP contribution in [-0.4, -0.2) is 64.9 Å². The minimum atomic E-state index is -0.246. The molecule has 10 heteroatoms. The second-order valence-electron chi connectivity index (χ2n) is 10.9. The topological polar surface area (TPSA) is 94.0 Å². The highest BCUT2D eigenvalue weighted by molar-refractivity contribution is 7.99. The van der Waals surface area contributed by atoms with Crippen LogP contribution in [-0.2, 0) is 6.54 Å². The van der Waals surface area contributed by atoms with Crippen LogP contribution in [0.2, 0.25) is 0 Å². The number of benzene rings is 4. The van der Waals surface area contributed by atoms with Gasteiger partial charge in [-0.2, -0.15) is 0 Å². The van der Waals surface area contributed by atoms with Gasteiger partial charge in [0.05, 0.1) is 23.2 Å².